The number of aromatic amines is 1. The maximum absolute atomic E-state index is 12.3. The lowest BCUT2D eigenvalue weighted by atomic mass is 10.3. The zero-order chi connectivity index (χ0) is 19.8. The minimum absolute atomic E-state index is 0.0171. The number of carboxylic acid groups (broad SMARTS) is 1. The normalized spacial score (nSPS) is 12.8. The molecule has 11 heteroatoms. The van der Waals surface area contributed by atoms with E-state index >= 15 is 0 Å². The molecule has 0 saturated heterocycles. The molecule has 27 heavy (non-hydrogen) atoms. The Kier molecular flexibility index (Phi) is 4.98. The molecule has 1 amide bonds. The van der Waals surface area contributed by atoms with Crippen LogP contribution in [0, 0.1) is 0 Å². The van der Waals surface area contributed by atoms with Crippen molar-refractivity contribution in [1.82, 2.24) is 20.3 Å². The third kappa shape index (κ3) is 4.31. The van der Waals surface area contributed by atoms with Crippen molar-refractivity contribution in [1.29, 1.82) is 0 Å². The molecule has 1 atom stereocenters. The number of aromatic carboxylic acids is 1. The summed E-state index contributed by atoms with van der Waals surface area (Å²) in [6.45, 7) is 1.62. The molecule has 142 valence electrons. The highest BCUT2D eigenvalue weighted by Crippen LogP contribution is 2.28. The van der Waals surface area contributed by atoms with E-state index in [-0.39, 0.29) is 22.7 Å². The summed E-state index contributed by atoms with van der Waals surface area (Å²) in [5, 5.41) is 11.8. The van der Waals surface area contributed by atoms with Crippen molar-refractivity contribution < 1.29 is 23.1 Å². The minimum Gasteiger partial charge on any atom is -0.478 e. The van der Waals surface area contributed by atoms with Gasteiger partial charge < -0.3 is 15.4 Å². The van der Waals surface area contributed by atoms with E-state index in [1.165, 1.54) is 12.4 Å². The summed E-state index contributed by atoms with van der Waals surface area (Å²) in [6.07, 6.45) is 3.93. The molecule has 0 bridgehead atoms. The summed E-state index contributed by atoms with van der Waals surface area (Å²) < 4.78 is 22.6. The van der Waals surface area contributed by atoms with Gasteiger partial charge in [0.1, 0.15) is 20.9 Å². The number of fused-ring (bicyclic) bond motifs is 1. The summed E-state index contributed by atoms with van der Waals surface area (Å²) in [7, 11) is -3.20. The highest BCUT2D eigenvalue weighted by atomic mass is 32.2. The van der Waals surface area contributed by atoms with Crippen LogP contribution in [0.1, 0.15) is 27.0 Å². The van der Waals surface area contributed by atoms with Crippen molar-refractivity contribution in [3.8, 4) is 10.6 Å². The predicted molar refractivity (Wildman–Crippen MR) is 101 cm³/mol. The molecule has 3 heterocycles. The van der Waals surface area contributed by atoms with E-state index in [4.69, 9.17) is 0 Å². The number of hydrogen-bond donors (Lipinski definition) is 3. The molecule has 0 spiro atoms. The van der Waals surface area contributed by atoms with Gasteiger partial charge in [-0.1, -0.05) is 0 Å². The number of hydrogen-bond acceptors (Lipinski definition) is 7. The number of aromatic nitrogens is 3. The van der Waals surface area contributed by atoms with E-state index in [1.54, 1.807) is 19.1 Å². The quantitative estimate of drug-likeness (QED) is 0.561. The SMILES string of the molecule is C[C@H](CS(C)(=O)=O)NC(=O)c1ccc(-c2cnc3[nH]cc(C(=O)O)c3n2)s1. The molecule has 3 rings (SSSR count). The van der Waals surface area contributed by atoms with Crippen LogP contribution in [0.25, 0.3) is 21.7 Å². The number of thiophene rings is 1. The number of carbonyl (C=O) groups is 2. The first-order chi connectivity index (χ1) is 12.6. The molecular weight excluding hydrogens is 392 g/mol. The molecule has 0 aromatic carbocycles. The smallest absolute Gasteiger partial charge is 0.339 e. The second kappa shape index (κ2) is 7.08. The van der Waals surface area contributed by atoms with Crippen LogP contribution < -0.4 is 5.32 Å². The average Bonchev–Trinajstić information content (AvgIpc) is 3.19. The highest BCUT2D eigenvalue weighted by Gasteiger charge is 2.18. The van der Waals surface area contributed by atoms with E-state index in [0.717, 1.165) is 17.6 Å². The minimum atomic E-state index is -3.20. The third-order valence-electron chi connectivity index (χ3n) is 3.62. The van der Waals surface area contributed by atoms with Gasteiger partial charge >= 0.3 is 5.97 Å². The monoisotopic (exact) mass is 408 g/mol. The van der Waals surface area contributed by atoms with Gasteiger partial charge in [-0.3, -0.25) is 4.79 Å². The summed E-state index contributed by atoms with van der Waals surface area (Å²) in [6, 6.07) is 2.76. The van der Waals surface area contributed by atoms with Gasteiger partial charge in [-0.05, 0) is 19.1 Å². The van der Waals surface area contributed by atoms with Crippen molar-refractivity contribution >= 4 is 44.2 Å². The summed E-state index contributed by atoms with van der Waals surface area (Å²) in [4.78, 5) is 35.8. The molecule has 0 aliphatic heterocycles. The second-order valence-electron chi connectivity index (χ2n) is 6.09. The number of carbonyl (C=O) groups excluding carboxylic acids is 1. The Labute approximate surface area is 158 Å². The van der Waals surface area contributed by atoms with Crippen molar-refractivity contribution in [2.45, 2.75) is 13.0 Å². The first-order valence-electron chi connectivity index (χ1n) is 7.80. The Morgan fingerprint density at radius 1 is 1.37 bits per heavy atom. The second-order valence-corrected chi connectivity index (χ2v) is 9.36. The van der Waals surface area contributed by atoms with Gasteiger partial charge in [0.2, 0.25) is 0 Å². The van der Waals surface area contributed by atoms with Gasteiger partial charge in [-0.25, -0.2) is 23.2 Å². The molecule has 0 aliphatic rings. The Morgan fingerprint density at radius 2 is 2.11 bits per heavy atom. The fourth-order valence-electron chi connectivity index (χ4n) is 2.56. The number of nitrogens with one attached hydrogen (secondary N) is 2. The van der Waals surface area contributed by atoms with E-state index < -0.39 is 21.8 Å². The average molecular weight is 408 g/mol. The standard InChI is InChI=1S/C16H16N4O5S2/c1-8(7-27(2,24)25)19-15(21)12-4-3-11(26-12)10-6-18-14-13(20-10)9(5-17-14)16(22)23/h3-6,8H,7H2,1-2H3,(H,17,18)(H,19,21)(H,22,23)/t8-/m1/s1. The van der Waals surface area contributed by atoms with Crippen LogP contribution >= 0.6 is 11.3 Å². The highest BCUT2D eigenvalue weighted by molar-refractivity contribution is 7.90. The Hall–Kier alpha value is -2.79. The lowest BCUT2D eigenvalue weighted by Gasteiger charge is -2.11. The van der Waals surface area contributed by atoms with Gasteiger partial charge in [0.15, 0.2) is 5.65 Å². The summed E-state index contributed by atoms with van der Waals surface area (Å²) in [5.74, 6) is -1.65. The molecule has 0 aliphatic carbocycles. The van der Waals surface area contributed by atoms with E-state index in [0.29, 0.717) is 21.1 Å². The number of rotatable bonds is 6. The van der Waals surface area contributed by atoms with Crippen molar-refractivity contribution in [3.05, 3.63) is 35.0 Å². The molecule has 0 saturated carbocycles. The first-order valence-corrected chi connectivity index (χ1v) is 10.7. The molecular formula is C16H16N4O5S2. The zero-order valence-electron chi connectivity index (χ0n) is 14.4. The molecule has 3 N–H and O–H groups in total. The van der Waals surface area contributed by atoms with Crippen LogP contribution in [0.5, 0.6) is 0 Å². The van der Waals surface area contributed by atoms with Crippen molar-refractivity contribution in [3.63, 3.8) is 0 Å². The fourth-order valence-corrected chi connectivity index (χ4v) is 4.42. The van der Waals surface area contributed by atoms with Crippen LogP contribution in [0.15, 0.2) is 24.5 Å². The topological polar surface area (TPSA) is 142 Å². The molecule has 0 fully saturated rings. The lowest BCUT2D eigenvalue weighted by Crippen LogP contribution is -2.36. The van der Waals surface area contributed by atoms with E-state index in [2.05, 4.69) is 20.3 Å². The van der Waals surface area contributed by atoms with E-state index in [1.807, 2.05) is 0 Å². The Balaban J connectivity index is 1.83. The van der Waals surface area contributed by atoms with Crippen LogP contribution in [0.3, 0.4) is 0 Å². The maximum atomic E-state index is 12.3. The summed E-state index contributed by atoms with van der Waals surface area (Å²) >= 11 is 1.16. The molecule has 0 radical (unpaired) electrons. The van der Waals surface area contributed by atoms with Crippen LogP contribution in [0.4, 0.5) is 0 Å². The van der Waals surface area contributed by atoms with Gasteiger partial charge in [-0.2, -0.15) is 0 Å². The van der Waals surface area contributed by atoms with E-state index in [9.17, 15) is 23.1 Å². The third-order valence-corrected chi connectivity index (χ3v) is 5.84. The molecule has 3 aromatic rings. The number of carboxylic acids is 1. The van der Waals surface area contributed by atoms with Gasteiger partial charge in [0.05, 0.1) is 27.4 Å². The van der Waals surface area contributed by atoms with Crippen LogP contribution in [0.2, 0.25) is 0 Å². The zero-order valence-corrected chi connectivity index (χ0v) is 16.0. The van der Waals surface area contributed by atoms with Gasteiger partial charge in [-0.15, -0.1) is 11.3 Å². The van der Waals surface area contributed by atoms with Gasteiger partial charge in [0.25, 0.3) is 5.91 Å². The fraction of sp³-hybridized carbons (Fsp3) is 0.250. The Bertz CT molecular complexity index is 1130. The number of H-pyrrole nitrogens is 1. The molecule has 9 nitrogen and oxygen atoms in total. The molecule has 0 unspecified atom stereocenters. The number of nitrogens with zero attached hydrogens (tertiary/aromatic N) is 2. The largest absolute Gasteiger partial charge is 0.478 e. The van der Waals surface area contributed by atoms with Crippen LogP contribution in [-0.2, 0) is 9.84 Å². The number of amides is 1. The maximum Gasteiger partial charge on any atom is 0.339 e. The van der Waals surface area contributed by atoms with Crippen molar-refractivity contribution in [2.24, 2.45) is 0 Å². The first kappa shape index (κ1) is 19.0. The van der Waals surface area contributed by atoms with Crippen LogP contribution in [-0.4, -0.2) is 58.4 Å². The predicted octanol–water partition coefficient (Wildman–Crippen LogP) is 1.55. The lowest BCUT2D eigenvalue weighted by molar-refractivity contribution is 0.0698. The summed E-state index contributed by atoms with van der Waals surface area (Å²) in [5.41, 5.74) is 1.06. The Morgan fingerprint density at radius 3 is 2.78 bits per heavy atom. The molecule has 3 aromatic heterocycles. The van der Waals surface area contributed by atoms with Gasteiger partial charge in [0, 0.05) is 18.5 Å². The number of sulfone groups is 1. The van der Waals surface area contributed by atoms with Crippen molar-refractivity contribution in [2.75, 3.05) is 12.0 Å².